The molecule has 30 heavy (non-hydrogen) atoms. The largest absolute Gasteiger partial charge is 0.465 e. The van der Waals surface area contributed by atoms with Crippen molar-refractivity contribution in [2.75, 3.05) is 7.11 Å². The van der Waals surface area contributed by atoms with Crippen LogP contribution in [0.4, 0.5) is 0 Å². The van der Waals surface area contributed by atoms with Crippen LogP contribution >= 0.6 is 11.3 Å². The van der Waals surface area contributed by atoms with Crippen LogP contribution in [0.1, 0.15) is 31.2 Å². The number of carbonyl (C=O) groups is 3. The van der Waals surface area contributed by atoms with Crippen LogP contribution in [-0.4, -0.2) is 30.9 Å². The van der Waals surface area contributed by atoms with Gasteiger partial charge in [0.05, 0.1) is 17.6 Å². The Bertz CT molecular complexity index is 986. The first kappa shape index (κ1) is 21.3. The van der Waals surface area contributed by atoms with Crippen LogP contribution in [0.5, 0.6) is 0 Å². The van der Waals surface area contributed by atoms with Gasteiger partial charge in [-0.25, -0.2) is 4.79 Å². The summed E-state index contributed by atoms with van der Waals surface area (Å²) in [4.78, 5) is 37.4. The quantitative estimate of drug-likeness (QED) is 0.546. The van der Waals surface area contributed by atoms with E-state index in [1.807, 2.05) is 35.7 Å². The summed E-state index contributed by atoms with van der Waals surface area (Å²) in [5, 5.41) is 7.52. The van der Waals surface area contributed by atoms with Gasteiger partial charge in [-0.3, -0.25) is 9.59 Å². The van der Waals surface area contributed by atoms with E-state index in [-0.39, 0.29) is 18.4 Å². The van der Waals surface area contributed by atoms with E-state index in [0.717, 1.165) is 11.1 Å². The highest BCUT2D eigenvalue weighted by atomic mass is 32.1. The SMILES string of the molecule is COC(=O)c1ccc(CNC(=O)C(Cc2ccccc2)NC(=O)c2cccs2)cc1. The molecule has 3 aromatic rings. The lowest BCUT2D eigenvalue weighted by atomic mass is 10.0. The van der Waals surface area contributed by atoms with Crippen molar-refractivity contribution in [1.29, 1.82) is 0 Å². The van der Waals surface area contributed by atoms with Crippen molar-refractivity contribution < 1.29 is 19.1 Å². The smallest absolute Gasteiger partial charge is 0.337 e. The number of hydrogen-bond donors (Lipinski definition) is 2. The first-order valence-electron chi connectivity index (χ1n) is 9.40. The number of methoxy groups -OCH3 is 1. The Balaban J connectivity index is 1.66. The molecule has 0 aliphatic rings. The summed E-state index contributed by atoms with van der Waals surface area (Å²) >= 11 is 1.33. The molecular formula is C23H22N2O4S. The molecule has 2 amide bonds. The Morgan fingerprint density at radius 2 is 1.67 bits per heavy atom. The highest BCUT2D eigenvalue weighted by Gasteiger charge is 2.22. The molecule has 1 atom stereocenters. The van der Waals surface area contributed by atoms with Gasteiger partial charge >= 0.3 is 5.97 Å². The molecule has 0 saturated carbocycles. The molecule has 6 nitrogen and oxygen atoms in total. The van der Waals surface area contributed by atoms with Crippen LogP contribution in [0.2, 0.25) is 0 Å². The number of thiophene rings is 1. The minimum Gasteiger partial charge on any atom is -0.465 e. The second-order valence-corrected chi connectivity index (χ2v) is 7.55. The number of rotatable bonds is 8. The molecule has 2 aromatic carbocycles. The molecule has 1 unspecified atom stereocenters. The Hall–Kier alpha value is -3.45. The third-order valence-corrected chi connectivity index (χ3v) is 5.36. The zero-order valence-corrected chi connectivity index (χ0v) is 17.3. The maximum atomic E-state index is 12.9. The van der Waals surface area contributed by atoms with Gasteiger partial charge in [-0.15, -0.1) is 11.3 Å². The molecule has 2 N–H and O–H groups in total. The molecule has 154 valence electrons. The Morgan fingerprint density at radius 3 is 2.30 bits per heavy atom. The second kappa shape index (κ2) is 10.4. The summed E-state index contributed by atoms with van der Waals surface area (Å²) in [6.45, 7) is 0.278. The zero-order valence-electron chi connectivity index (χ0n) is 16.5. The van der Waals surface area contributed by atoms with E-state index in [4.69, 9.17) is 0 Å². The minimum atomic E-state index is -0.712. The predicted molar refractivity (Wildman–Crippen MR) is 115 cm³/mol. The van der Waals surface area contributed by atoms with Crippen molar-refractivity contribution in [2.24, 2.45) is 0 Å². The molecule has 0 saturated heterocycles. The summed E-state index contributed by atoms with van der Waals surface area (Å²) in [5.74, 6) is -0.964. The fourth-order valence-electron chi connectivity index (χ4n) is 2.89. The Labute approximate surface area is 178 Å². The fraction of sp³-hybridized carbons (Fsp3) is 0.174. The fourth-order valence-corrected chi connectivity index (χ4v) is 3.51. The molecule has 0 bridgehead atoms. The number of nitrogens with one attached hydrogen (secondary N) is 2. The molecule has 7 heteroatoms. The number of ether oxygens (including phenoxy) is 1. The number of hydrogen-bond acceptors (Lipinski definition) is 5. The molecule has 1 aromatic heterocycles. The van der Waals surface area contributed by atoms with Gasteiger partial charge in [-0.05, 0) is 34.7 Å². The molecule has 1 heterocycles. The topological polar surface area (TPSA) is 84.5 Å². The monoisotopic (exact) mass is 422 g/mol. The van der Waals surface area contributed by atoms with Crippen molar-refractivity contribution in [3.8, 4) is 0 Å². The maximum absolute atomic E-state index is 12.9. The van der Waals surface area contributed by atoms with Crippen molar-refractivity contribution in [3.05, 3.63) is 93.7 Å². The van der Waals surface area contributed by atoms with Crippen molar-refractivity contribution in [3.63, 3.8) is 0 Å². The average molecular weight is 423 g/mol. The van der Waals surface area contributed by atoms with Gasteiger partial charge in [0, 0.05) is 13.0 Å². The summed E-state index contributed by atoms with van der Waals surface area (Å²) in [6, 6.07) is 19.1. The normalized spacial score (nSPS) is 11.4. The van der Waals surface area contributed by atoms with E-state index in [0.29, 0.717) is 16.9 Å². The highest BCUT2D eigenvalue weighted by Crippen LogP contribution is 2.11. The minimum absolute atomic E-state index is 0.275. The van der Waals surface area contributed by atoms with E-state index < -0.39 is 12.0 Å². The van der Waals surface area contributed by atoms with Gasteiger partial charge in [-0.1, -0.05) is 48.5 Å². The summed E-state index contributed by atoms with van der Waals surface area (Å²) in [7, 11) is 1.33. The third-order valence-electron chi connectivity index (χ3n) is 4.49. The third kappa shape index (κ3) is 5.78. The van der Waals surface area contributed by atoms with Crippen LogP contribution in [-0.2, 0) is 22.5 Å². The summed E-state index contributed by atoms with van der Waals surface area (Å²) in [6.07, 6.45) is 0.380. The van der Waals surface area contributed by atoms with Gasteiger partial charge in [-0.2, -0.15) is 0 Å². The molecule has 0 aliphatic carbocycles. The van der Waals surface area contributed by atoms with E-state index in [2.05, 4.69) is 15.4 Å². The number of amides is 2. The molecule has 0 radical (unpaired) electrons. The standard InChI is InChI=1S/C23H22N2O4S/c1-29-23(28)18-11-9-17(10-12-18)15-24-21(26)19(14-16-6-3-2-4-7-16)25-22(27)20-8-5-13-30-20/h2-13,19H,14-15H2,1H3,(H,24,26)(H,25,27). The van der Waals surface area contributed by atoms with Gasteiger partial charge in [0.1, 0.15) is 6.04 Å². The van der Waals surface area contributed by atoms with Crippen molar-refractivity contribution in [2.45, 2.75) is 19.0 Å². The molecule has 0 fully saturated rings. The number of carbonyl (C=O) groups excluding carboxylic acids is 3. The van der Waals surface area contributed by atoms with Crippen molar-refractivity contribution >= 4 is 29.1 Å². The Kier molecular flexibility index (Phi) is 7.34. The molecule has 0 aliphatic heterocycles. The van der Waals surface area contributed by atoms with Crippen LogP contribution < -0.4 is 10.6 Å². The van der Waals surface area contributed by atoms with Crippen LogP contribution in [0, 0.1) is 0 Å². The maximum Gasteiger partial charge on any atom is 0.337 e. The van der Waals surface area contributed by atoms with E-state index in [1.54, 1.807) is 36.4 Å². The molecule has 0 spiro atoms. The summed E-state index contributed by atoms with van der Waals surface area (Å²) < 4.78 is 4.68. The van der Waals surface area contributed by atoms with E-state index >= 15 is 0 Å². The highest BCUT2D eigenvalue weighted by molar-refractivity contribution is 7.12. The van der Waals surface area contributed by atoms with Gasteiger partial charge in [0.2, 0.25) is 5.91 Å². The average Bonchev–Trinajstić information content (AvgIpc) is 3.32. The lowest BCUT2D eigenvalue weighted by Gasteiger charge is -2.18. The van der Waals surface area contributed by atoms with Crippen LogP contribution in [0.15, 0.2) is 72.1 Å². The molecular weight excluding hydrogens is 400 g/mol. The first-order chi connectivity index (χ1) is 14.6. The number of esters is 1. The van der Waals surface area contributed by atoms with E-state index in [9.17, 15) is 14.4 Å². The van der Waals surface area contributed by atoms with Crippen LogP contribution in [0.3, 0.4) is 0 Å². The molecule has 3 rings (SSSR count). The van der Waals surface area contributed by atoms with Gasteiger partial charge < -0.3 is 15.4 Å². The summed E-state index contributed by atoms with van der Waals surface area (Å²) in [5.41, 5.74) is 2.23. The Morgan fingerprint density at radius 1 is 0.933 bits per heavy atom. The second-order valence-electron chi connectivity index (χ2n) is 6.60. The predicted octanol–water partition coefficient (Wildman–Crippen LogP) is 3.19. The first-order valence-corrected chi connectivity index (χ1v) is 10.3. The van der Waals surface area contributed by atoms with E-state index in [1.165, 1.54) is 18.4 Å². The van der Waals surface area contributed by atoms with Crippen molar-refractivity contribution in [1.82, 2.24) is 10.6 Å². The zero-order chi connectivity index (χ0) is 21.3. The van der Waals surface area contributed by atoms with Crippen LogP contribution in [0.25, 0.3) is 0 Å². The lowest BCUT2D eigenvalue weighted by molar-refractivity contribution is -0.123. The van der Waals surface area contributed by atoms with Gasteiger partial charge in [0.15, 0.2) is 0 Å². The van der Waals surface area contributed by atoms with Gasteiger partial charge in [0.25, 0.3) is 5.91 Å². The lowest BCUT2D eigenvalue weighted by Crippen LogP contribution is -2.47. The number of benzene rings is 2.